The summed E-state index contributed by atoms with van der Waals surface area (Å²) in [6, 6.07) is 0. The van der Waals surface area contributed by atoms with Gasteiger partial charge in [0.2, 0.25) is 0 Å². The molecule has 0 aliphatic carbocycles. The van der Waals surface area contributed by atoms with Gasteiger partial charge in [0.1, 0.15) is 11.7 Å². The summed E-state index contributed by atoms with van der Waals surface area (Å²) in [5, 5.41) is 10.8. The summed E-state index contributed by atoms with van der Waals surface area (Å²) in [6.45, 7) is 9.52. The maximum Gasteiger partial charge on any atom is 0.303 e. The highest BCUT2D eigenvalue weighted by Crippen LogP contribution is 2.43. The SMILES string of the molecule is CC(=O)O[C@H]1CC/C(C)=C/CC/C(C)=C/[C@H]2O[C@]1(C)CC[C@@H]2[C@@](C)(O)CCl. The average molecular weight is 399 g/mol. The number of carbonyl (C=O) groups is 1. The Morgan fingerprint density at radius 3 is 2.70 bits per heavy atom. The lowest BCUT2D eigenvalue weighted by Gasteiger charge is -2.49. The molecule has 2 bridgehead atoms. The molecule has 5 atom stereocenters. The molecule has 0 aromatic heterocycles. The van der Waals surface area contributed by atoms with Gasteiger partial charge in [-0.2, -0.15) is 0 Å². The predicted octanol–water partition coefficient (Wildman–Crippen LogP) is 4.93. The van der Waals surface area contributed by atoms with Crippen molar-refractivity contribution < 1.29 is 19.4 Å². The lowest BCUT2D eigenvalue weighted by Crippen LogP contribution is -2.56. The van der Waals surface area contributed by atoms with Gasteiger partial charge in [-0.3, -0.25) is 4.79 Å². The van der Waals surface area contributed by atoms with E-state index in [1.807, 2.05) is 6.92 Å². The fourth-order valence-electron chi connectivity index (χ4n) is 4.27. The van der Waals surface area contributed by atoms with Gasteiger partial charge in [0, 0.05) is 12.8 Å². The van der Waals surface area contributed by atoms with Crippen LogP contribution < -0.4 is 0 Å². The first-order valence-electron chi connectivity index (χ1n) is 10.0. The second-order valence-corrected chi connectivity index (χ2v) is 9.04. The molecule has 0 aromatic carbocycles. The van der Waals surface area contributed by atoms with Crippen LogP contribution in [0.5, 0.6) is 0 Å². The third kappa shape index (κ3) is 5.82. The molecular formula is C22H35ClO4. The van der Waals surface area contributed by atoms with Crippen molar-refractivity contribution in [3.8, 4) is 0 Å². The minimum Gasteiger partial charge on any atom is -0.459 e. The summed E-state index contributed by atoms with van der Waals surface area (Å²) >= 11 is 6.06. The molecule has 0 unspecified atom stereocenters. The molecule has 0 spiro atoms. The largest absolute Gasteiger partial charge is 0.459 e. The van der Waals surface area contributed by atoms with Crippen molar-refractivity contribution in [1.29, 1.82) is 0 Å². The van der Waals surface area contributed by atoms with Crippen LogP contribution in [0.15, 0.2) is 23.3 Å². The topological polar surface area (TPSA) is 55.8 Å². The van der Waals surface area contributed by atoms with Crippen LogP contribution in [0.25, 0.3) is 0 Å². The van der Waals surface area contributed by atoms with Crippen molar-refractivity contribution >= 4 is 17.6 Å². The molecule has 1 saturated heterocycles. The quantitative estimate of drug-likeness (QED) is 0.416. The van der Waals surface area contributed by atoms with Gasteiger partial charge in [-0.25, -0.2) is 0 Å². The minimum atomic E-state index is -1.01. The van der Waals surface area contributed by atoms with E-state index in [1.54, 1.807) is 6.92 Å². The highest BCUT2D eigenvalue weighted by molar-refractivity contribution is 6.18. The van der Waals surface area contributed by atoms with E-state index in [9.17, 15) is 9.90 Å². The smallest absolute Gasteiger partial charge is 0.303 e. The Hall–Kier alpha value is -0.840. The first-order chi connectivity index (χ1) is 12.6. The molecule has 5 heteroatoms. The molecule has 2 heterocycles. The number of ether oxygens (including phenoxy) is 2. The van der Waals surface area contributed by atoms with Crippen LogP contribution in [0.2, 0.25) is 0 Å². The number of esters is 1. The summed E-state index contributed by atoms with van der Waals surface area (Å²) in [5.41, 5.74) is 0.980. The molecule has 27 heavy (non-hydrogen) atoms. The molecular weight excluding hydrogens is 364 g/mol. The zero-order chi connectivity index (χ0) is 20.2. The molecule has 2 rings (SSSR count). The highest BCUT2D eigenvalue weighted by atomic mass is 35.5. The van der Waals surface area contributed by atoms with E-state index in [0.29, 0.717) is 0 Å². The molecule has 154 valence electrons. The Morgan fingerprint density at radius 2 is 2.07 bits per heavy atom. The van der Waals surface area contributed by atoms with Gasteiger partial charge in [0.25, 0.3) is 0 Å². The van der Waals surface area contributed by atoms with Gasteiger partial charge < -0.3 is 14.6 Å². The van der Waals surface area contributed by atoms with Gasteiger partial charge in [0.15, 0.2) is 0 Å². The van der Waals surface area contributed by atoms with Crippen LogP contribution in [0.4, 0.5) is 0 Å². The molecule has 1 fully saturated rings. The van der Waals surface area contributed by atoms with Gasteiger partial charge in [-0.15, -0.1) is 11.6 Å². The average Bonchev–Trinajstić information content (AvgIpc) is 2.57. The minimum absolute atomic E-state index is 0.0868. The summed E-state index contributed by atoms with van der Waals surface area (Å²) in [7, 11) is 0. The van der Waals surface area contributed by atoms with E-state index in [-0.39, 0.29) is 30.0 Å². The normalized spacial score (nSPS) is 38.9. The Labute approximate surface area is 168 Å². The molecule has 0 amide bonds. The number of hydrogen-bond acceptors (Lipinski definition) is 4. The monoisotopic (exact) mass is 398 g/mol. The van der Waals surface area contributed by atoms with Crippen LogP contribution in [-0.2, 0) is 14.3 Å². The van der Waals surface area contributed by atoms with E-state index >= 15 is 0 Å². The van der Waals surface area contributed by atoms with Gasteiger partial charge in [-0.1, -0.05) is 23.3 Å². The van der Waals surface area contributed by atoms with Crippen LogP contribution in [-0.4, -0.2) is 40.4 Å². The molecule has 0 radical (unpaired) electrons. The first kappa shape index (κ1) is 22.4. The summed E-state index contributed by atoms with van der Waals surface area (Å²) in [6.07, 6.45) is 8.91. The summed E-state index contributed by atoms with van der Waals surface area (Å²) in [5.74, 6) is -0.205. The molecule has 2 aliphatic rings. The third-order valence-electron chi connectivity index (χ3n) is 6.09. The molecule has 1 N–H and O–H groups in total. The number of alkyl halides is 1. The van der Waals surface area contributed by atoms with Crippen molar-refractivity contribution in [2.24, 2.45) is 5.92 Å². The fraction of sp³-hybridized carbons (Fsp3) is 0.773. The second-order valence-electron chi connectivity index (χ2n) is 8.77. The van der Waals surface area contributed by atoms with Crippen molar-refractivity contribution in [1.82, 2.24) is 0 Å². The number of rotatable bonds is 3. The number of hydrogen-bond donors (Lipinski definition) is 1. The van der Waals surface area contributed by atoms with E-state index in [2.05, 4.69) is 26.0 Å². The van der Waals surface area contributed by atoms with E-state index in [4.69, 9.17) is 21.1 Å². The van der Waals surface area contributed by atoms with Gasteiger partial charge >= 0.3 is 5.97 Å². The zero-order valence-corrected chi connectivity index (χ0v) is 18.1. The fourth-order valence-corrected chi connectivity index (χ4v) is 4.47. The van der Waals surface area contributed by atoms with Gasteiger partial charge in [-0.05, 0) is 66.2 Å². The Balaban J connectivity index is 2.40. The van der Waals surface area contributed by atoms with Crippen molar-refractivity contribution in [2.45, 2.75) is 96.6 Å². The molecule has 0 aromatic rings. The van der Waals surface area contributed by atoms with E-state index < -0.39 is 11.2 Å². The molecule has 0 saturated carbocycles. The Morgan fingerprint density at radius 1 is 1.37 bits per heavy atom. The van der Waals surface area contributed by atoms with Crippen LogP contribution in [0.3, 0.4) is 0 Å². The number of fused-ring (bicyclic) bond motifs is 2. The first-order valence-corrected chi connectivity index (χ1v) is 10.6. The Kier molecular flexibility index (Phi) is 7.57. The maximum absolute atomic E-state index is 11.7. The second kappa shape index (κ2) is 9.11. The molecule has 2 aliphatic heterocycles. The van der Waals surface area contributed by atoms with Crippen LogP contribution in [0, 0.1) is 5.92 Å². The maximum atomic E-state index is 11.7. The number of allylic oxidation sites excluding steroid dienone is 3. The number of halogens is 1. The Bertz CT molecular complexity index is 595. The highest BCUT2D eigenvalue weighted by Gasteiger charge is 2.49. The lowest BCUT2D eigenvalue weighted by atomic mass is 9.74. The number of aliphatic hydroxyl groups is 1. The lowest BCUT2D eigenvalue weighted by molar-refractivity contribution is -0.213. The van der Waals surface area contributed by atoms with Crippen LogP contribution in [0.1, 0.15) is 73.1 Å². The zero-order valence-electron chi connectivity index (χ0n) is 17.4. The molecule has 4 nitrogen and oxygen atoms in total. The summed E-state index contributed by atoms with van der Waals surface area (Å²) in [4.78, 5) is 11.7. The third-order valence-corrected chi connectivity index (χ3v) is 6.63. The van der Waals surface area contributed by atoms with E-state index in [0.717, 1.165) is 38.5 Å². The predicted molar refractivity (Wildman–Crippen MR) is 109 cm³/mol. The standard InChI is InChI=1S/C22H35ClO4/c1-15-7-6-8-16(2)13-19-18(21(4,25)14-23)11-12-22(5,27-19)20(10-9-15)26-17(3)24/h7,13,18-20,25H,6,8-12,14H2,1-5H3/b15-7+,16-13+/t18-,19+,20-,21-,22+/m0/s1. The van der Waals surface area contributed by atoms with E-state index in [1.165, 1.54) is 18.1 Å². The van der Waals surface area contributed by atoms with Crippen molar-refractivity contribution in [2.75, 3.05) is 5.88 Å². The van der Waals surface area contributed by atoms with Crippen LogP contribution >= 0.6 is 11.6 Å². The summed E-state index contributed by atoms with van der Waals surface area (Å²) < 4.78 is 12.3. The van der Waals surface area contributed by atoms with Crippen molar-refractivity contribution in [3.63, 3.8) is 0 Å². The van der Waals surface area contributed by atoms with Crippen molar-refractivity contribution in [3.05, 3.63) is 23.3 Å². The number of carbonyl (C=O) groups excluding carboxylic acids is 1. The van der Waals surface area contributed by atoms with Gasteiger partial charge in [0.05, 0.1) is 17.6 Å².